The first-order chi connectivity index (χ1) is 41.6. The molecule has 486 valence electrons. The number of hydrogen-bond donors (Lipinski definition) is 7. The molecule has 2 aliphatic carbocycles. The Balaban J connectivity index is 0.00000451. The van der Waals surface area contributed by atoms with Gasteiger partial charge in [-0.05, 0) is 99.1 Å². The van der Waals surface area contributed by atoms with Gasteiger partial charge < -0.3 is 88.1 Å². The van der Waals surface area contributed by atoms with Gasteiger partial charge in [0.05, 0.1) is 75.2 Å². The maximum atomic E-state index is 14.3. The largest absolute Gasteiger partial charge is 1.00 e. The van der Waals surface area contributed by atoms with Crippen molar-refractivity contribution < 1.29 is 235 Å². The van der Waals surface area contributed by atoms with Crippen molar-refractivity contribution >= 4 is 70.6 Å². The smallest absolute Gasteiger partial charge is 0.744 e. The van der Waals surface area contributed by atoms with Gasteiger partial charge in [0.1, 0.15) is 67.0 Å². The van der Waals surface area contributed by atoms with Crippen LogP contribution in [0.2, 0.25) is 0 Å². The molecule has 4 aromatic rings. The number of carboxylic acids is 1. The van der Waals surface area contributed by atoms with Crippen LogP contribution in [0.1, 0.15) is 101 Å². The van der Waals surface area contributed by atoms with Crippen molar-refractivity contribution in [3.63, 3.8) is 0 Å². The zero-order valence-electron chi connectivity index (χ0n) is 51.6. The number of aliphatic carboxylic acids is 1. The molecule has 2 aliphatic heterocycles. The van der Waals surface area contributed by atoms with Crippen LogP contribution in [0.4, 0.5) is 5.69 Å². The number of hydrogen-bond acceptors (Lipinski definition) is 27. The minimum atomic E-state index is -5.60. The topological polar surface area (TPSA) is 474 Å². The van der Waals surface area contributed by atoms with Crippen LogP contribution in [0.25, 0.3) is 10.8 Å². The van der Waals surface area contributed by atoms with E-state index < -0.39 is 190 Å². The number of aryl methyl sites for hydroxylation is 2. The van der Waals surface area contributed by atoms with Crippen molar-refractivity contribution in [2.45, 2.75) is 192 Å². The van der Waals surface area contributed by atoms with Crippen LogP contribution in [-0.2, 0) is 86.1 Å². The van der Waals surface area contributed by atoms with E-state index in [2.05, 4.69) is 20.9 Å². The van der Waals surface area contributed by atoms with Crippen LogP contribution in [0, 0.1) is 17.8 Å². The second kappa shape index (κ2) is 36.4. The average Bonchev–Trinajstić information content (AvgIpc) is 0.815. The Morgan fingerprint density at radius 2 is 1.42 bits per heavy atom. The number of aliphatic hydroxyl groups is 5. The van der Waals surface area contributed by atoms with Crippen LogP contribution < -0.4 is 134 Å². The summed E-state index contributed by atoms with van der Waals surface area (Å²) in [5.74, 6) is -5.54. The van der Waals surface area contributed by atoms with E-state index in [-0.39, 0.29) is 187 Å². The van der Waals surface area contributed by atoms with Gasteiger partial charge in [-0.2, -0.15) is 0 Å². The molecule has 8 rings (SSSR count). The molecule has 4 aliphatic rings. The molecule has 0 unspecified atom stereocenters. The molecule has 7 N–H and O–H groups in total. The Bertz CT molecular complexity index is 3480. The molecule has 2 saturated heterocycles. The van der Waals surface area contributed by atoms with Gasteiger partial charge in [0.25, 0.3) is 0 Å². The van der Waals surface area contributed by atoms with E-state index in [0.29, 0.717) is 23.9 Å². The van der Waals surface area contributed by atoms with Crippen LogP contribution in [0.5, 0.6) is 0 Å². The fraction of sp³-hybridized carbons (Fsp3) is 0.600. The monoisotopic (exact) mass is 1390 g/mol. The summed E-state index contributed by atoms with van der Waals surface area (Å²) in [5.41, 5.74) is -0.216. The average molecular weight is 1390 g/mol. The molecule has 0 bridgehead atoms. The second-order valence-corrected chi connectivity index (χ2v) is 26.4. The molecular weight excluding hydrogens is 1320 g/mol. The first-order valence-corrected chi connectivity index (χ1v) is 32.8. The Morgan fingerprint density at radius 1 is 0.772 bits per heavy atom. The van der Waals surface area contributed by atoms with Crippen molar-refractivity contribution in [1.29, 1.82) is 0 Å². The predicted octanol–water partition coefficient (Wildman–Crippen LogP) is -13.0. The Hall–Kier alpha value is -1.73. The Morgan fingerprint density at radius 3 is 2.03 bits per heavy atom. The van der Waals surface area contributed by atoms with Crippen LogP contribution in [0.3, 0.4) is 0 Å². The molecule has 3 aromatic carbocycles. The van der Waals surface area contributed by atoms with Crippen molar-refractivity contribution in [1.82, 2.24) is 20.3 Å². The third-order valence-corrected chi connectivity index (χ3v) is 18.8. The summed E-state index contributed by atoms with van der Waals surface area (Å²) >= 11 is 0. The number of aliphatic hydroxyl groups excluding tert-OH is 5. The number of nitrogens with zero attached hydrogens (tertiary/aromatic N) is 3. The molecule has 15 atom stereocenters. The number of rotatable bonds is 25. The van der Waals surface area contributed by atoms with E-state index in [4.69, 9.17) is 28.4 Å². The first kappa shape index (κ1) is 82.7. The molecule has 4 fully saturated rings. The predicted molar refractivity (Wildman–Crippen MR) is 293 cm³/mol. The van der Waals surface area contributed by atoms with Crippen molar-refractivity contribution in [2.24, 2.45) is 17.8 Å². The van der Waals surface area contributed by atoms with Crippen LogP contribution in [-0.4, -0.2) is 196 Å². The number of nitrogens with one attached hydrogen (secondary N) is 2. The van der Waals surface area contributed by atoms with Gasteiger partial charge in [0.2, 0.25) is 11.8 Å². The van der Waals surface area contributed by atoms with E-state index in [1.807, 2.05) is 0 Å². The number of anilines is 1. The van der Waals surface area contributed by atoms with Gasteiger partial charge in [-0.15, -0.1) is 5.10 Å². The molecular formula is C55H69N5Na4O25S3. The molecule has 3 heterocycles. The third kappa shape index (κ3) is 21.2. The Labute approximate surface area is 619 Å². The van der Waals surface area contributed by atoms with Gasteiger partial charge in [0.15, 0.2) is 18.7 Å². The number of ether oxygens (including phenoxy) is 6. The molecule has 30 nitrogen and oxygen atoms in total. The molecule has 37 heteroatoms. The summed E-state index contributed by atoms with van der Waals surface area (Å²) in [6, 6.07) is 9.63. The minimum absolute atomic E-state index is 0. The second-order valence-electron chi connectivity index (χ2n) is 22.3. The number of carbonyl (C=O) groups excluding carboxylic acids is 4. The molecule has 2 saturated carbocycles. The third-order valence-electron chi connectivity index (χ3n) is 16.3. The molecule has 0 radical (unpaired) electrons. The summed E-state index contributed by atoms with van der Waals surface area (Å²) < 4.78 is 147. The summed E-state index contributed by atoms with van der Waals surface area (Å²) in [7, 11) is -16.4. The van der Waals surface area contributed by atoms with Crippen LogP contribution >= 0.6 is 0 Å². The number of amides is 2. The molecule has 0 spiro atoms. The zero-order valence-corrected chi connectivity index (χ0v) is 62.0. The Kier molecular flexibility index (Phi) is 32.7. The molecule has 92 heavy (non-hydrogen) atoms. The van der Waals surface area contributed by atoms with Gasteiger partial charge in [0, 0.05) is 30.5 Å². The number of aromatic nitrogens is 3. The minimum Gasteiger partial charge on any atom is -0.744 e. The summed E-state index contributed by atoms with van der Waals surface area (Å²) in [6.45, 7) is 2.25. The SMILES string of the molecule is CC[C@@H]1[C@@H](O[C@@H]2O[C@@H](C)[C@@H](O)[C@@H](O)[C@@H]2O)[C@H](O[C@@H]2O[C@H](CO)[C@H](O)[C@H](O[C@@H](CC3CCCCC3)C(=O)[O-])[C@H]2OC(=O)c2ccccc2)CC[C@@H]1C(=O)NCCCc1cn(CCC(=O)Nc2cc(S(=O)(=O)[O-])cc3cc(S(=O)(=O)[O-])cc(S(=O)(=O)[O-])c23)nn1.[Na+].[Na+].[Na+].[Na+]. The summed E-state index contributed by atoms with van der Waals surface area (Å²) in [4.78, 5) is 50.5. The van der Waals surface area contributed by atoms with Gasteiger partial charge in [-0.3, -0.25) is 14.3 Å². The molecule has 2 amide bonds. The van der Waals surface area contributed by atoms with Crippen LogP contribution in [0.15, 0.2) is 75.5 Å². The normalized spacial score (nSPS) is 27.4. The van der Waals surface area contributed by atoms with E-state index in [0.717, 1.165) is 32.1 Å². The maximum absolute atomic E-state index is 14.3. The van der Waals surface area contributed by atoms with Crippen molar-refractivity contribution in [2.75, 3.05) is 18.5 Å². The van der Waals surface area contributed by atoms with Gasteiger partial charge in [-0.1, -0.05) is 62.4 Å². The number of carboxylic acid groups (broad SMARTS) is 1. The summed E-state index contributed by atoms with van der Waals surface area (Å²) in [6.07, 6.45) is -14.1. The van der Waals surface area contributed by atoms with E-state index in [1.165, 1.54) is 29.9 Å². The zero-order chi connectivity index (χ0) is 64.0. The number of fused-ring (bicyclic) bond motifs is 1. The van der Waals surface area contributed by atoms with Crippen molar-refractivity contribution in [3.8, 4) is 0 Å². The number of esters is 1. The van der Waals surface area contributed by atoms with E-state index >= 15 is 0 Å². The van der Waals surface area contributed by atoms with Gasteiger partial charge >= 0.3 is 124 Å². The standard InChI is InChI=1S/C55H73N5O25S3.4Na/c1-3-35-36(51(67)56-19-10-15-32-26-60(59-58-32)20-18-42(62)57-37-24-33(86(71,72)73)22-31-23-34(87(74,75)76)25-41(43(31)37)88(77,78)79)16-17-38(48(35)85-54-47(66)46(65)44(63)28(2)80-54)82-55-50(84-53(70)30-13-8-5-9-14-30)49(45(64)40(27-61)83-55)81-39(52(68)69)21-29-11-6-4-7-12-29;;;;/h5,8-9,13-14,22-26,28-29,35-36,38-40,44-50,54-55,61,63-66H,3-4,6-7,10-12,15-21,27H2,1-2H3,(H,56,67)(H,57,62)(H,68,69)(H,71,72,73)(H,74,75,76)(H,77,78,79);;;;/q;4*+1/p-4/t28-,35-,36-,38+,39-,40+,44+,45-,46+,47-,48+,49-,50+,54-,55+;;;;/m0..../s1. The fourth-order valence-electron chi connectivity index (χ4n) is 11.8. The number of benzene rings is 3. The van der Waals surface area contributed by atoms with Crippen molar-refractivity contribution in [3.05, 3.63) is 72.1 Å². The van der Waals surface area contributed by atoms with E-state index in [9.17, 15) is 88.7 Å². The molecule has 1 aromatic heterocycles. The quantitative estimate of drug-likeness (QED) is 0.0140. The maximum Gasteiger partial charge on any atom is 1.00 e. The first-order valence-electron chi connectivity index (χ1n) is 28.6. The van der Waals surface area contributed by atoms with E-state index in [1.54, 1.807) is 25.1 Å². The fourth-order valence-corrected chi connectivity index (χ4v) is 13.7. The van der Waals surface area contributed by atoms with Gasteiger partial charge in [-0.25, -0.2) is 30.0 Å². The number of carbonyl (C=O) groups is 4. The summed E-state index contributed by atoms with van der Waals surface area (Å²) in [5, 5.41) is 79.5.